The van der Waals surface area contributed by atoms with Crippen LogP contribution in [0.15, 0.2) is 22.7 Å². The minimum absolute atomic E-state index is 0.147. The largest absolute Gasteiger partial charge is 0.388 e. The van der Waals surface area contributed by atoms with E-state index in [0.717, 1.165) is 4.47 Å². The molecule has 17 heavy (non-hydrogen) atoms. The molecule has 1 amide bonds. The molecule has 1 aliphatic rings. The van der Waals surface area contributed by atoms with Crippen molar-refractivity contribution >= 4 is 33.4 Å². The number of rotatable bonds is 1. The number of β-amino-alcohol motifs (C(OH)–C–C–N with tert-alkyl or cyclic N) is 2. The van der Waals surface area contributed by atoms with Crippen molar-refractivity contribution in [3.05, 3.63) is 33.3 Å². The number of amides is 1. The average Bonchev–Trinajstić information content (AvgIpc) is 2.62. The second-order valence-electron chi connectivity index (χ2n) is 3.97. The van der Waals surface area contributed by atoms with Gasteiger partial charge in [-0.25, -0.2) is 0 Å². The zero-order valence-corrected chi connectivity index (χ0v) is 11.1. The molecule has 2 N–H and O–H groups in total. The zero-order valence-electron chi connectivity index (χ0n) is 8.81. The first kappa shape index (κ1) is 12.8. The van der Waals surface area contributed by atoms with Gasteiger partial charge in [0.1, 0.15) is 0 Å². The topological polar surface area (TPSA) is 60.8 Å². The molecule has 4 nitrogen and oxygen atoms in total. The van der Waals surface area contributed by atoms with Gasteiger partial charge < -0.3 is 15.1 Å². The van der Waals surface area contributed by atoms with Crippen molar-refractivity contribution in [2.24, 2.45) is 0 Å². The molecule has 0 bridgehead atoms. The molecule has 1 aliphatic heterocycles. The number of hydrogen-bond acceptors (Lipinski definition) is 3. The Hall–Kier alpha value is -0.620. The number of nitrogens with zero attached hydrogens (tertiary/aromatic N) is 1. The first-order valence-corrected chi connectivity index (χ1v) is 6.26. The van der Waals surface area contributed by atoms with E-state index >= 15 is 0 Å². The second kappa shape index (κ2) is 4.94. The van der Waals surface area contributed by atoms with Gasteiger partial charge >= 0.3 is 0 Å². The van der Waals surface area contributed by atoms with Gasteiger partial charge in [0.25, 0.3) is 5.91 Å². The summed E-state index contributed by atoms with van der Waals surface area (Å²) in [6.07, 6.45) is -1.74. The number of carbonyl (C=O) groups excluding carboxylic acids is 1. The third-order valence-electron chi connectivity index (χ3n) is 2.71. The van der Waals surface area contributed by atoms with E-state index in [2.05, 4.69) is 15.9 Å². The summed E-state index contributed by atoms with van der Waals surface area (Å²) in [5.41, 5.74) is 0.444. The van der Waals surface area contributed by atoms with Crippen molar-refractivity contribution in [2.75, 3.05) is 13.1 Å². The van der Waals surface area contributed by atoms with E-state index in [-0.39, 0.29) is 19.0 Å². The van der Waals surface area contributed by atoms with Crippen LogP contribution in [-0.4, -0.2) is 46.3 Å². The quantitative estimate of drug-likeness (QED) is 0.819. The summed E-state index contributed by atoms with van der Waals surface area (Å²) < 4.78 is 0.720. The highest BCUT2D eigenvalue weighted by Gasteiger charge is 2.32. The molecule has 0 saturated carbocycles. The van der Waals surface area contributed by atoms with Crippen LogP contribution in [-0.2, 0) is 0 Å². The van der Waals surface area contributed by atoms with Crippen LogP contribution < -0.4 is 0 Å². The third-order valence-corrected chi connectivity index (χ3v) is 3.95. The first-order valence-electron chi connectivity index (χ1n) is 5.09. The smallest absolute Gasteiger partial charge is 0.254 e. The maximum atomic E-state index is 12.0. The van der Waals surface area contributed by atoms with E-state index in [1.165, 1.54) is 4.90 Å². The van der Waals surface area contributed by atoms with Crippen LogP contribution >= 0.6 is 27.5 Å². The summed E-state index contributed by atoms with van der Waals surface area (Å²) in [6, 6.07) is 4.90. The van der Waals surface area contributed by atoms with Crippen molar-refractivity contribution < 1.29 is 15.0 Å². The van der Waals surface area contributed by atoms with E-state index in [9.17, 15) is 15.0 Å². The van der Waals surface area contributed by atoms with Gasteiger partial charge in [-0.3, -0.25) is 4.79 Å². The Morgan fingerprint density at radius 2 is 1.94 bits per heavy atom. The zero-order chi connectivity index (χ0) is 12.6. The average molecular weight is 321 g/mol. The molecule has 1 fully saturated rings. The van der Waals surface area contributed by atoms with E-state index < -0.39 is 12.2 Å². The highest BCUT2D eigenvalue weighted by atomic mass is 79.9. The Morgan fingerprint density at radius 3 is 2.47 bits per heavy atom. The third kappa shape index (κ3) is 2.63. The van der Waals surface area contributed by atoms with Gasteiger partial charge in [0.2, 0.25) is 0 Å². The number of benzene rings is 1. The number of aliphatic hydroxyl groups excluding tert-OH is 2. The molecule has 2 unspecified atom stereocenters. The minimum atomic E-state index is -0.870. The van der Waals surface area contributed by atoms with Gasteiger partial charge in [-0.05, 0) is 34.1 Å². The van der Waals surface area contributed by atoms with E-state index in [4.69, 9.17) is 11.6 Å². The monoisotopic (exact) mass is 319 g/mol. The van der Waals surface area contributed by atoms with Crippen LogP contribution in [0.2, 0.25) is 5.02 Å². The Morgan fingerprint density at radius 1 is 1.35 bits per heavy atom. The Kier molecular flexibility index (Phi) is 3.73. The highest BCUT2D eigenvalue weighted by molar-refractivity contribution is 9.10. The highest BCUT2D eigenvalue weighted by Crippen LogP contribution is 2.24. The van der Waals surface area contributed by atoms with E-state index in [0.29, 0.717) is 10.6 Å². The first-order chi connectivity index (χ1) is 7.99. The number of carbonyl (C=O) groups is 1. The van der Waals surface area contributed by atoms with Gasteiger partial charge in [0, 0.05) is 23.1 Å². The van der Waals surface area contributed by atoms with Crippen LogP contribution in [0.3, 0.4) is 0 Å². The SMILES string of the molecule is O=C(c1ccc(Br)c(Cl)c1)N1CC(O)C(O)C1. The molecule has 0 radical (unpaired) electrons. The standard InChI is InChI=1S/C11H11BrClNO3/c12-7-2-1-6(3-8(7)13)11(17)14-4-9(15)10(16)5-14/h1-3,9-10,15-16H,4-5H2. The number of hydrogen-bond donors (Lipinski definition) is 2. The molecule has 92 valence electrons. The van der Waals surface area contributed by atoms with Gasteiger partial charge in [-0.1, -0.05) is 11.6 Å². The number of likely N-dealkylation sites (tertiary alicyclic amines) is 1. The Bertz CT molecular complexity index is 444. The van der Waals surface area contributed by atoms with Crippen LogP contribution in [0.4, 0.5) is 0 Å². The number of halogens is 2. The lowest BCUT2D eigenvalue weighted by Gasteiger charge is -2.15. The molecule has 6 heteroatoms. The van der Waals surface area contributed by atoms with Crippen LogP contribution in [0, 0.1) is 0 Å². The maximum Gasteiger partial charge on any atom is 0.254 e. The number of aliphatic hydroxyl groups is 2. The molecule has 2 atom stereocenters. The fraction of sp³-hybridized carbons (Fsp3) is 0.364. The van der Waals surface area contributed by atoms with Gasteiger partial charge in [-0.2, -0.15) is 0 Å². The molecule has 1 aromatic carbocycles. The van der Waals surface area contributed by atoms with E-state index in [1.807, 2.05) is 0 Å². The fourth-order valence-corrected chi connectivity index (χ4v) is 2.17. The summed E-state index contributed by atoms with van der Waals surface area (Å²) in [5.74, 6) is -0.241. The summed E-state index contributed by atoms with van der Waals surface area (Å²) in [5, 5.41) is 19.2. The predicted molar refractivity (Wildman–Crippen MR) is 67.1 cm³/mol. The Balaban J connectivity index is 2.17. The second-order valence-corrected chi connectivity index (χ2v) is 5.24. The molecule has 1 heterocycles. The lowest BCUT2D eigenvalue weighted by molar-refractivity contribution is 0.0572. The van der Waals surface area contributed by atoms with Crippen molar-refractivity contribution in [3.8, 4) is 0 Å². The maximum absolute atomic E-state index is 12.0. The summed E-state index contributed by atoms with van der Waals surface area (Å²) in [4.78, 5) is 13.4. The molecule has 1 aromatic rings. The molecule has 0 aliphatic carbocycles. The Labute approximate surface area is 112 Å². The molecule has 0 spiro atoms. The summed E-state index contributed by atoms with van der Waals surface area (Å²) >= 11 is 9.15. The predicted octanol–water partition coefficient (Wildman–Crippen LogP) is 1.28. The summed E-state index contributed by atoms with van der Waals surface area (Å²) in [7, 11) is 0. The van der Waals surface area contributed by atoms with Crippen molar-refractivity contribution in [1.29, 1.82) is 0 Å². The fourth-order valence-electron chi connectivity index (χ4n) is 1.75. The van der Waals surface area contributed by atoms with Crippen molar-refractivity contribution in [1.82, 2.24) is 4.90 Å². The van der Waals surface area contributed by atoms with Crippen molar-refractivity contribution in [3.63, 3.8) is 0 Å². The van der Waals surface area contributed by atoms with E-state index in [1.54, 1.807) is 18.2 Å². The normalized spacial score (nSPS) is 24.1. The van der Waals surface area contributed by atoms with Gasteiger partial charge in [0.15, 0.2) is 0 Å². The van der Waals surface area contributed by atoms with Crippen molar-refractivity contribution in [2.45, 2.75) is 12.2 Å². The lowest BCUT2D eigenvalue weighted by Crippen LogP contribution is -2.29. The van der Waals surface area contributed by atoms with Crippen LogP contribution in [0.5, 0.6) is 0 Å². The van der Waals surface area contributed by atoms with Crippen LogP contribution in [0.25, 0.3) is 0 Å². The molecule has 1 saturated heterocycles. The molecule has 2 rings (SSSR count). The molecular weight excluding hydrogens is 309 g/mol. The van der Waals surface area contributed by atoms with Gasteiger partial charge in [0.05, 0.1) is 17.2 Å². The minimum Gasteiger partial charge on any atom is -0.388 e. The van der Waals surface area contributed by atoms with Crippen LogP contribution in [0.1, 0.15) is 10.4 Å². The molecule has 0 aromatic heterocycles. The molecular formula is C11H11BrClNO3. The van der Waals surface area contributed by atoms with Gasteiger partial charge in [-0.15, -0.1) is 0 Å². The summed E-state index contributed by atoms with van der Waals surface area (Å²) in [6.45, 7) is 0.293. The lowest BCUT2D eigenvalue weighted by atomic mass is 10.2.